The molecule has 1 unspecified atom stereocenters. The number of carbonyl (C=O) groups excluding carboxylic acids is 1. The Morgan fingerprint density at radius 3 is 2.59 bits per heavy atom. The van der Waals surface area contributed by atoms with Gasteiger partial charge in [-0.25, -0.2) is 4.98 Å². The fourth-order valence-corrected chi connectivity index (χ4v) is 4.88. The van der Waals surface area contributed by atoms with Crippen molar-refractivity contribution in [2.24, 2.45) is 10.9 Å². The van der Waals surface area contributed by atoms with Crippen LogP contribution in [0.25, 0.3) is 0 Å². The molecule has 1 atom stereocenters. The number of hydrogen-bond donors (Lipinski definition) is 1. The van der Waals surface area contributed by atoms with E-state index in [1.165, 1.54) is 6.07 Å². The molecule has 0 aromatic carbocycles. The standard InChI is InChI=1S/C20H21ClF3N3O2/c1-19(29)9-13(28)8-12-10-25-17(16(12)19)11-4-6-27(7-5-11)15-3-2-14(18(21)26-15)20(22,23)24/h2-3,11,29H,4-10H2,1H3. The summed E-state index contributed by atoms with van der Waals surface area (Å²) in [5, 5.41) is 10.2. The number of aromatic nitrogens is 1. The molecule has 0 radical (unpaired) electrons. The number of ketones is 1. The van der Waals surface area contributed by atoms with Gasteiger partial charge in [0, 0.05) is 43.1 Å². The minimum Gasteiger partial charge on any atom is -0.385 e. The van der Waals surface area contributed by atoms with E-state index in [-0.39, 0.29) is 18.1 Å². The lowest BCUT2D eigenvalue weighted by Crippen LogP contribution is -2.42. The number of nitrogens with zero attached hydrogens (tertiary/aromatic N) is 3. The average molecular weight is 428 g/mol. The number of alkyl halides is 3. The van der Waals surface area contributed by atoms with Crippen molar-refractivity contribution < 1.29 is 23.1 Å². The third-order valence-corrected chi connectivity index (χ3v) is 6.17. The smallest absolute Gasteiger partial charge is 0.385 e. The van der Waals surface area contributed by atoms with E-state index in [0.717, 1.165) is 35.8 Å². The van der Waals surface area contributed by atoms with Crippen LogP contribution in [0.1, 0.15) is 38.2 Å². The topological polar surface area (TPSA) is 65.8 Å². The summed E-state index contributed by atoms with van der Waals surface area (Å²) >= 11 is 5.75. The molecule has 9 heteroatoms. The molecule has 2 aliphatic heterocycles. The SMILES string of the molecule is CC1(O)CC(=O)CC2=C1C(C1CCN(c3ccc(C(F)(F)F)c(Cl)n3)CC1)=NC2. The van der Waals surface area contributed by atoms with E-state index < -0.39 is 22.5 Å². The lowest BCUT2D eigenvalue weighted by Gasteiger charge is -2.37. The summed E-state index contributed by atoms with van der Waals surface area (Å²) in [4.78, 5) is 22.4. The number of carbonyl (C=O) groups is 1. The van der Waals surface area contributed by atoms with Gasteiger partial charge in [0.25, 0.3) is 0 Å². The zero-order valence-corrected chi connectivity index (χ0v) is 16.6. The number of halogens is 4. The van der Waals surface area contributed by atoms with Gasteiger partial charge in [-0.2, -0.15) is 13.2 Å². The maximum absolute atomic E-state index is 12.9. The Labute approximate surface area is 171 Å². The average Bonchev–Trinajstić information content (AvgIpc) is 3.05. The van der Waals surface area contributed by atoms with Gasteiger partial charge in [-0.1, -0.05) is 11.6 Å². The first-order valence-electron chi connectivity index (χ1n) is 9.56. The van der Waals surface area contributed by atoms with Gasteiger partial charge in [0.15, 0.2) is 0 Å². The predicted molar refractivity (Wildman–Crippen MR) is 103 cm³/mol. The van der Waals surface area contributed by atoms with E-state index in [2.05, 4.69) is 9.98 Å². The summed E-state index contributed by atoms with van der Waals surface area (Å²) < 4.78 is 38.6. The maximum Gasteiger partial charge on any atom is 0.419 e. The molecule has 3 heterocycles. The quantitative estimate of drug-likeness (QED) is 0.728. The van der Waals surface area contributed by atoms with Crippen molar-refractivity contribution >= 4 is 28.9 Å². The second-order valence-electron chi connectivity index (χ2n) is 8.11. The van der Waals surface area contributed by atoms with Crippen LogP contribution in [0.15, 0.2) is 28.3 Å². The normalized spacial score (nSPS) is 26.1. The first-order chi connectivity index (χ1) is 13.6. The molecule has 29 heavy (non-hydrogen) atoms. The van der Waals surface area contributed by atoms with Crippen molar-refractivity contribution in [3.05, 3.63) is 34.0 Å². The highest BCUT2D eigenvalue weighted by atomic mass is 35.5. The molecule has 4 rings (SSSR count). The van der Waals surface area contributed by atoms with E-state index in [9.17, 15) is 23.1 Å². The number of hydrogen-bond acceptors (Lipinski definition) is 5. The van der Waals surface area contributed by atoms with Crippen LogP contribution in [0, 0.1) is 5.92 Å². The summed E-state index contributed by atoms with van der Waals surface area (Å²) in [6.07, 6.45) is -2.59. The molecule has 0 spiro atoms. The Hall–Kier alpha value is -1.93. The molecule has 0 bridgehead atoms. The minimum atomic E-state index is -4.53. The molecular formula is C20H21ClF3N3O2. The number of aliphatic imine (C=N–C) groups is 1. The molecule has 1 fully saturated rings. The van der Waals surface area contributed by atoms with E-state index in [0.29, 0.717) is 31.9 Å². The fraction of sp³-hybridized carbons (Fsp3) is 0.550. The summed E-state index contributed by atoms with van der Waals surface area (Å²) in [7, 11) is 0. The van der Waals surface area contributed by atoms with Crippen LogP contribution in [0.2, 0.25) is 5.15 Å². The number of piperidine rings is 1. The van der Waals surface area contributed by atoms with Crippen LogP contribution in [0.5, 0.6) is 0 Å². The number of rotatable bonds is 2. The van der Waals surface area contributed by atoms with Gasteiger partial charge in [-0.15, -0.1) is 0 Å². The summed E-state index contributed by atoms with van der Waals surface area (Å²) in [5.74, 6) is 0.596. The zero-order chi connectivity index (χ0) is 21.0. The monoisotopic (exact) mass is 427 g/mol. The van der Waals surface area contributed by atoms with Crippen LogP contribution in [-0.2, 0) is 11.0 Å². The lowest BCUT2D eigenvalue weighted by atomic mass is 9.74. The Morgan fingerprint density at radius 2 is 1.97 bits per heavy atom. The lowest BCUT2D eigenvalue weighted by molar-refractivity contribution is -0.137. The van der Waals surface area contributed by atoms with Crippen molar-refractivity contribution in [3.63, 3.8) is 0 Å². The van der Waals surface area contributed by atoms with Crippen molar-refractivity contribution in [1.29, 1.82) is 0 Å². The number of pyridine rings is 1. The van der Waals surface area contributed by atoms with E-state index >= 15 is 0 Å². The van der Waals surface area contributed by atoms with Crippen LogP contribution in [-0.4, -0.2) is 46.8 Å². The first kappa shape index (κ1) is 20.3. The summed E-state index contributed by atoms with van der Waals surface area (Å²) in [6.45, 7) is 3.33. The van der Waals surface area contributed by atoms with Crippen molar-refractivity contribution in [2.45, 2.75) is 44.4 Å². The molecule has 0 saturated carbocycles. The van der Waals surface area contributed by atoms with Gasteiger partial charge >= 0.3 is 6.18 Å². The summed E-state index contributed by atoms with van der Waals surface area (Å²) in [5.41, 5.74) is 0.507. The number of aliphatic hydroxyl groups is 1. The Balaban J connectivity index is 1.47. The molecular weight excluding hydrogens is 407 g/mol. The molecule has 5 nitrogen and oxygen atoms in total. The molecule has 0 amide bonds. The number of anilines is 1. The molecule has 1 aromatic heterocycles. The van der Waals surface area contributed by atoms with Gasteiger partial charge in [-0.05, 0) is 37.5 Å². The van der Waals surface area contributed by atoms with E-state index in [4.69, 9.17) is 11.6 Å². The van der Waals surface area contributed by atoms with Crippen LogP contribution in [0.3, 0.4) is 0 Å². The molecule has 1 N–H and O–H groups in total. The van der Waals surface area contributed by atoms with E-state index in [1.54, 1.807) is 6.92 Å². The van der Waals surface area contributed by atoms with Gasteiger partial charge < -0.3 is 10.0 Å². The molecule has 1 saturated heterocycles. The van der Waals surface area contributed by atoms with Crippen molar-refractivity contribution in [3.8, 4) is 0 Å². The molecule has 1 aromatic rings. The summed E-state index contributed by atoms with van der Waals surface area (Å²) in [6, 6.07) is 2.31. The third-order valence-electron chi connectivity index (χ3n) is 5.89. The third kappa shape index (κ3) is 3.80. The van der Waals surface area contributed by atoms with Crippen LogP contribution >= 0.6 is 11.6 Å². The van der Waals surface area contributed by atoms with E-state index in [1.807, 2.05) is 4.90 Å². The molecule has 3 aliphatic rings. The van der Waals surface area contributed by atoms with Gasteiger partial charge in [0.1, 0.15) is 16.8 Å². The predicted octanol–water partition coefficient (Wildman–Crippen LogP) is 3.84. The highest BCUT2D eigenvalue weighted by Crippen LogP contribution is 2.40. The Bertz CT molecular complexity index is 916. The van der Waals surface area contributed by atoms with Crippen LogP contribution < -0.4 is 4.90 Å². The number of Topliss-reactive ketones (excluding diaryl/α,β-unsaturated/α-hetero) is 1. The largest absolute Gasteiger partial charge is 0.419 e. The fourth-order valence-electron chi connectivity index (χ4n) is 4.62. The second-order valence-corrected chi connectivity index (χ2v) is 8.47. The highest BCUT2D eigenvalue weighted by molar-refractivity contribution is 6.30. The van der Waals surface area contributed by atoms with Crippen LogP contribution in [0.4, 0.5) is 19.0 Å². The van der Waals surface area contributed by atoms with Gasteiger partial charge in [0.2, 0.25) is 0 Å². The minimum absolute atomic E-state index is 0.0327. The van der Waals surface area contributed by atoms with Crippen molar-refractivity contribution in [2.75, 3.05) is 24.5 Å². The first-order valence-corrected chi connectivity index (χ1v) is 9.94. The van der Waals surface area contributed by atoms with Gasteiger partial charge in [-0.3, -0.25) is 9.79 Å². The second kappa shape index (κ2) is 7.09. The Kier molecular flexibility index (Phi) is 4.98. The molecule has 1 aliphatic carbocycles. The van der Waals surface area contributed by atoms with Crippen molar-refractivity contribution in [1.82, 2.24) is 4.98 Å². The Morgan fingerprint density at radius 1 is 1.28 bits per heavy atom. The zero-order valence-electron chi connectivity index (χ0n) is 15.9. The molecule has 156 valence electrons. The highest BCUT2D eigenvalue weighted by Gasteiger charge is 2.43. The van der Waals surface area contributed by atoms with Gasteiger partial charge in [0.05, 0.1) is 17.7 Å². The maximum atomic E-state index is 12.9.